The minimum Gasteiger partial charge on any atom is -0.496 e. The van der Waals surface area contributed by atoms with E-state index in [9.17, 15) is 8.42 Å². The Hall–Kier alpha value is -1.89. The van der Waals surface area contributed by atoms with Crippen LogP contribution in [0.2, 0.25) is 0 Å². The predicted octanol–water partition coefficient (Wildman–Crippen LogP) is 3.37. The molecule has 0 aliphatic carbocycles. The SMILES string of the molecule is COc1cc(C)c(S(=O)(=O)N(CCN(C)C)Cc2ccccc2)c(C)c1C. The highest BCUT2D eigenvalue weighted by Gasteiger charge is 2.29. The van der Waals surface area contributed by atoms with Crippen molar-refractivity contribution in [2.75, 3.05) is 34.3 Å². The lowest BCUT2D eigenvalue weighted by Gasteiger charge is -2.26. The molecule has 0 fully saturated rings. The molecule has 2 rings (SSSR count). The van der Waals surface area contributed by atoms with Gasteiger partial charge in [-0.1, -0.05) is 30.3 Å². The second-order valence-corrected chi connectivity index (χ2v) is 8.98. The van der Waals surface area contributed by atoms with Gasteiger partial charge < -0.3 is 9.64 Å². The molecule has 27 heavy (non-hydrogen) atoms. The predicted molar refractivity (Wildman–Crippen MR) is 110 cm³/mol. The van der Waals surface area contributed by atoms with Crippen molar-refractivity contribution in [2.24, 2.45) is 0 Å². The fourth-order valence-corrected chi connectivity index (χ4v) is 5.05. The smallest absolute Gasteiger partial charge is 0.243 e. The van der Waals surface area contributed by atoms with Crippen molar-refractivity contribution < 1.29 is 13.2 Å². The molecule has 2 aromatic rings. The Labute approximate surface area is 163 Å². The van der Waals surface area contributed by atoms with Crippen molar-refractivity contribution in [1.82, 2.24) is 9.21 Å². The van der Waals surface area contributed by atoms with Gasteiger partial charge in [0.15, 0.2) is 0 Å². The van der Waals surface area contributed by atoms with Crippen molar-refractivity contribution in [1.29, 1.82) is 0 Å². The number of rotatable bonds is 8. The van der Waals surface area contributed by atoms with E-state index < -0.39 is 10.0 Å². The largest absolute Gasteiger partial charge is 0.496 e. The van der Waals surface area contributed by atoms with Gasteiger partial charge in [0.05, 0.1) is 12.0 Å². The summed E-state index contributed by atoms with van der Waals surface area (Å²) in [5.41, 5.74) is 3.28. The lowest BCUT2D eigenvalue weighted by Crippen LogP contribution is -2.37. The topological polar surface area (TPSA) is 49.9 Å². The molecule has 0 aliphatic rings. The van der Waals surface area contributed by atoms with Gasteiger partial charge in [-0.3, -0.25) is 0 Å². The van der Waals surface area contributed by atoms with Gasteiger partial charge in [0, 0.05) is 19.6 Å². The zero-order valence-corrected chi connectivity index (χ0v) is 17.9. The lowest BCUT2D eigenvalue weighted by molar-refractivity contribution is 0.329. The third-order valence-electron chi connectivity index (χ3n) is 4.79. The summed E-state index contributed by atoms with van der Waals surface area (Å²) in [4.78, 5) is 2.38. The molecule has 0 atom stereocenters. The Kier molecular flexibility index (Phi) is 7.03. The Bertz CT molecular complexity index is 878. The maximum Gasteiger partial charge on any atom is 0.243 e. The lowest BCUT2D eigenvalue weighted by atomic mass is 10.1. The number of aryl methyl sites for hydroxylation is 1. The number of likely N-dealkylation sites (N-methyl/N-ethyl adjacent to an activating group) is 1. The highest BCUT2D eigenvalue weighted by atomic mass is 32.2. The van der Waals surface area contributed by atoms with Crippen LogP contribution in [0.3, 0.4) is 0 Å². The van der Waals surface area contributed by atoms with E-state index in [1.165, 1.54) is 0 Å². The van der Waals surface area contributed by atoms with Crippen LogP contribution in [-0.4, -0.2) is 51.9 Å². The highest BCUT2D eigenvalue weighted by Crippen LogP contribution is 2.32. The van der Waals surface area contributed by atoms with E-state index in [1.807, 2.05) is 76.2 Å². The molecule has 0 radical (unpaired) electrons. The van der Waals surface area contributed by atoms with E-state index >= 15 is 0 Å². The summed E-state index contributed by atoms with van der Waals surface area (Å²) < 4.78 is 34.2. The van der Waals surface area contributed by atoms with Gasteiger partial charge in [-0.2, -0.15) is 4.31 Å². The molecule has 0 aromatic heterocycles. The van der Waals surface area contributed by atoms with Gasteiger partial charge in [0.2, 0.25) is 10.0 Å². The van der Waals surface area contributed by atoms with E-state index in [1.54, 1.807) is 11.4 Å². The standard InChI is InChI=1S/C21H30N2O3S/c1-16-14-20(26-6)17(2)18(3)21(16)27(24,25)23(13-12-22(4)5)15-19-10-8-7-9-11-19/h7-11,14H,12-13,15H2,1-6H3. The molecule has 0 unspecified atom stereocenters. The maximum atomic E-state index is 13.6. The fraction of sp³-hybridized carbons (Fsp3) is 0.429. The monoisotopic (exact) mass is 390 g/mol. The van der Waals surface area contributed by atoms with Crippen LogP contribution in [-0.2, 0) is 16.6 Å². The molecule has 0 bridgehead atoms. The Morgan fingerprint density at radius 3 is 2.15 bits per heavy atom. The molecule has 0 heterocycles. The summed E-state index contributed by atoms with van der Waals surface area (Å²) in [5, 5.41) is 0. The molecule has 6 heteroatoms. The van der Waals surface area contributed by atoms with Crippen LogP contribution >= 0.6 is 0 Å². The molecule has 0 aliphatic heterocycles. The maximum absolute atomic E-state index is 13.6. The number of methoxy groups -OCH3 is 1. The van der Waals surface area contributed by atoms with E-state index in [2.05, 4.69) is 0 Å². The third kappa shape index (κ3) is 4.89. The Balaban J connectivity index is 2.51. The van der Waals surface area contributed by atoms with Gasteiger partial charge in [0.25, 0.3) is 0 Å². The van der Waals surface area contributed by atoms with Gasteiger partial charge in [-0.25, -0.2) is 8.42 Å². The summed E-state index contributed by atoms with van der Waals surface area (Å²) in [7, 11) is 1.84. The molecule has 148 valence electrons. The number of nitrogens with zero attached hydrogens (tertiary/aromatic N) is 2. The van der Waals surface area contributed by atoms with Gasteiger partial charge in [-0.15, -0.1) is 0 Å². The molecule has 0 amide bonds. The summed E-state index contributed by atoms with van der Waals surface area (Å²) in [6, 6.07) is 11.5. The molecule has 0 saturated carbocycles. The normalized spacial score (nSPS) is 12.0. The minimum absolute atomic E-state index is 0.348. The minimum atomic E-state index is -3.65. The number of sulfonamides is 1. The number of benzene rings is 2. The molecule has 0 saturated heterocycles. The molecule has 0 spiro atoms. The first kappa shape index (κ1) is 21.4. The van der Waals surface area contributed by atoms with Crippen molar-refractivity contribution in [3.8, 4) is 5.75 Å². The van der Waals surface area contributed by atoms with E-state index in [0.29, 0.717) is 35.8 Å². The average molecular weight is 391 g/mol. The fourth-order valence-electron chi connectivity index (χ4n) is 3.14. The van der Waals surface area contributed by atoms with Crippen LogP contribution in [0.4, 0.5) is 0 Å². The van der Waals surface area contributed by atoms with Crippen LogP contribution in [0.15, 0.2) is 41.3 Å². The van der Waals surface area contributed by atoms with Crippen molar-refractivity contribution in [2.45, 2.75) is 32.2 Å². The first-order valence-corrected chi connectivity index (χ1v) is 10.5. The molecule has 5 nitrogen and oxygen atoms in total. The summed E-state index contributed by atoms with van der Waals surface area (Å²) in [5.74, 6) is 0.715. The molecule has 2 aromatic carbocycles. The van der Waals surface area contributed by atoms with Crippen molar-refractivity contribution in [3.05, 3.63) is 58.7 Å². The van der Waals surface area contributed by atoms with Crippen LogP contribution in [0.25, 0.3) is 0 Å². The van der Waals surface area contributed by atoms with Crippen molar-refractivity contribution in [3.63, 3.8) is 0 Å². The average Bonchev–Trinajstić information content (AvgIpc) is 2.62. The summed E-state index contributed by atoms with van der Waals surface area (Å²) >= 11 is 0. The number of hydrogen-bond donors (Lipinski definition) is 0. The zero-order chi connectivity index (χ0) is 20.2. The Morgan fingerprint density at radius 1 is 0.963 bits per heavy atom. The third-order valence-corrected chi connectivity index (χ3v) is 6.93. The number of ether oxygens (including phenoxy) is 1. The zero-order valence-electron chi connectivity index (χ0n) is 17.1. The second-order valence-electron chi connectivity index (χ2n) is 7.10. The first-order valence-electron chi connectivity index (χ1n) is 9.02. The van der Waals surface area contributed by atoms with E-state index in [4.69, 9.17) is 4.74 Å². The second kappa shape index (κ2) is 8.87. The van der Waals surface area contributed by atoms with Gasteiger partial charge in [-0.05, 0) is 63.2 Å². The van der Waals surface area contributed by atoms with E-state index in [0.717, 1.165) is 16.7 Å². The van der Waals surface area contributed by atoms with Crippen LogP contribution in [0.5, 0.6) is 5.75 Å². The first-order chi connectivity index (χ1) is 12.7. The van der Waals surface area contributed by atoms with Gasteiger partial charge >= 0.3 is 0 Å². The van der Waals surface area contributed by atoms with Crippen LogP contribution in [0, 0.1) is 20.8 Å². The highest BCUT2D eigenvalue weighted by molar-refractivity contribution is 7.89. The number of hydrogen-bond acceptors (Lipinski definition) is 4. The van der Waals surface area contributed by atoms with E-state index in [-0.39, 0.29) is 0 Å². The summed E-state index contributed by atoms with van der Waals surface area (Å²) in [6.45, 7) is 7.00. The van der Waals surface area contributed by atoms with Crippen LogP contribution < -0.4 is 4.74 Å². The van der Waals surface area contributed by atoms with Crippen molar-refractivity contribution >= 4 is 10.0 Å². The summed E-state index contributed by atoms with van der Waals surface area (Å²) in [6.07, 6.45) is 0. The van der Waals surface area contributed by atoms with Gasteiger partial charge in [0.1, 0.15) is 5.75 Å². The quantitative estimate of drug-likeness (QED) is 0.693. The van der Waals surface area contributed by atoms with Crippen LogP contribution in [0.1, 0.15) is 22.3 Å². The molecular formula is C21H30N2O3S. The molecular weight excluding hydrogens is 360 g/mol. The molecule has 0 N–H and O–H groups in total. The Morgan fingerprint density at radius 2 is 1.59 bits per heavy atom.